The lowest BCUT2D eigenvalue weighted by Gasteiger charge is -2.40. The summed E-state index contributed by atoms with van der Waals surface area (Å²) in [7, 11) is 1.75. The largest absolute Gasteiger partial charge is 0.449 e. The Labute approximate surface area is 247 Å². The van der Waals surface area contributed by atoms with Gasteiger partial charge in [-0.1, -0.05) is 60.8 Å². The third kappa shape index (κ3) is 14.4. The molecule has 0 aromatic rings. The van der Waals surface area contributed by atoms with Crippen molar-refractivity contribution in [3.05, 3.63) is 0 Å². The number of ether oxygens (including phenoxy) is 1. The average molecular weight is 568 g/mol. The first-order chi connectivity index (χ1) is 17.7. The fraction of sp³-hybridized carbons (Fsp3) is 0.909. The first-order valence-electron chi connectivity index (χ1n) is 15.3. The van der Waals surface area contributed by atoms with Crippen molar-refractivity contribution < 1.29 is 19.1 Å². The molecule has 1 amide bonds. The summed E-state index contributed by atoms with van der Waals surface area (Å²) in [6.07, 6.45) is 5.44. The van der Waals surface area contributed by atoms with Crippen molar-refractivity contribution in [1.82, 2.24) is 15.5 Å². The van der Waals surface area contributed by atoms with E-state index in [1.807, 2.05) is 55.4 Å². The minimum atomic E-state index is -0.669. The summed E-state index contributed by atoms with van der Waals surface area (Å²) in [6, 6.07) is 0. The number of hydrogen-bond acceptors (Lipinski definition) is 6. The Morgan fingerprint density at radius 3 is 1.32 bits per heavy atom. The lowest BCUT2D eigenvalue weighted by Crippen LogP contribution is -2.60. The fourth-order valence-corrected chi connectivity index (χ4v) is 5.74. The highest BCUT2D eigenvalue weighted by atomic mass is 16.6. The van der Waals surface area contributed by atoms with Crippen LogP contribution in [0.15, 0.2) is 0 Å². The molecule has 0 aromatic carbocycles. The molecular formula is C33H65N3O4. The Hall–Kier alpha value is -1.47. The van der Waals surface area contributed by atoms with E-state index in [9.17, 15) is 14.4 Å². The van der Waals surface area contributed by atoms with Crippen LogP contribution in [0, 0.1) is 10.8 Å². The van der Waals surface area contributed by atoms with Crippen molar-refractivity contribution in [1.29, 1.82) is 0 Å². The number of nitrogens with one attached hydrogen (secondary N) is 2. The predicted octanol–water partition coefficient (Wildman–Crippen LogP) is 7.31. The summed E-state index contributed by atoms with van der Waals surface area (Å²) < 4.78 is 5.50. The number of Topliss-reactive ketones (excluding diaryl/α,β-unsaturated/α-hetero) is 2. The lowest BCUT2D eigenvalue weighted by atomic mass is 9.75. The Bertz CT molecular complexity index is 827. The number of unbranched alkanes of at least 4 members (excludes halogenated alkanes) is 3. The van der Waals surface area contributed by atoms with Gasteiger partial charge in [-0.05, 0) is 81.1 Å². The zero-order chi connectivity index (χ0) is 31.8. The van der Waals surface area contributed by atoms with Gasteiger partial charge in [-0.3, -0.25) is 9.59 Å². The molecule has 0 aromatic heterocycles. The van der Waals surface area contributed by atoms with E-state index in [1.54, 1.807) is 11.9 Å². The molecule has 0 aliphatic heterocycles. The highest BCUT2D eigenvalue weighted by Gasteiger charge is 2.42. The van der Waals surface area contributed by atoms with Gasteiger partial charge in [0, 0.05) is 35.5 Å². The molecule has 0 radical (unpaired) electrons. The Kier molecular flexibility index (Phi) is 14.1. The highest BCUT2D eigenvalue weighted by Crippen LogP contribution is 2.30. The van der Waals surface area contributed by atoms with Crippen LogP contribution >= 0.6 is 0 Å². The van der Waals surface area contributed by atoms with Crippen LogP contribution in [0.4, 0.5) is 4.79 Å². The summed E-state index contributed by atoms with van der Waals surface area (Å²) >= 11 is 0. The minimum Gasteiger partial charge on any atom is -0.449 e. The molecule has 0 saturated carbocycles. The lowest BCUT2D eigenvalue weighted by molar-refractivity contribution is -0.134. The summed E-state index contributed by atoms with van der Waals surface area (Å²) in [5.74, 6) is 0.418. The molecule has 0 heterocycles. The molecule has 7 nitrogen and oxygen atoms in total. The molecule has 0 aliphatic rings. The van der Waals surface area contributed by atoms with Crippen molar-refractivity contribution in [3.63, 3.8) is 0 Å². The van der Waals surface area contributed by atoms with Crippen LogP contribution in [0.3, 0.4) is 0 Å². The molecule has 0 fully saturated rings. The second kappa shape index (κ2) is 14.6. The van der Waals surface area contributed by atoms with Gasteiger partial charge in [0.1, 0.15) is 0 Å². The van der Waals surface area contributed by atoms with Gasteiger partial charge in [-0.25, -0.2) is 4.79 Å². The van der Waals surface area contributed by atoms with Crippen LogP contribution < -0.4 is 10.6 Å². The third-order valence-corrected chi connectivity index (χ3v) is 6.95. The van der Waals surface area contributed by atoms with Crippen molar-refractivity contribution in [2.75, 3.05) is 20.2 Å². The number of ketones is 2. The Balaban J connectivity index is 4.65. The molecule has 0 saturated heterocycles. The summed E-state index contributed by atoms with van der Waals surface area (Å²) in [4.78, 5) is 40.5. The fourth-order valence-electron chi connectivity index (χ4n) is 5.74. The van der Waals surface area contributed by atoms with E-state index < -0.39 is 21.9 Å². The van der Waals surface area contributed by atoms with E-state index >= 15 is 0 Å². The first-order valence-corrected chi connectivity index (χ1v) is 15.3. The topological polar surface area (TPSA) is 87.7 Å². The molecule has 7 heteroatoms. The number of nitrogens with zero attached hydrogens (tertiary/aromatic N) is 1. The van der Waals surface area contributed by atoms with Crippen LogP contribution in [-0.2, 0) is 14.3 Å². The minimum absolute atomic E-state index is 0.153. The molecule has 0 unspecified atom stereocenters. The van der Waals surface area contributed by atoms with Crippen LogP contribution in [0.25, 0.3) is 0 Å². The zero-order valence-electron chi connectivity index (χ0n) is 28.9. The smallest absolute Gasteiger partial charge is 0.409 e. The second-order valence-corrected chi connectivity index (χ2v) is 16.4. The second-order valence-electron chi connectivity index (χ2n) is 16.4. The van der Waals surface area contributed by atoms with Gasteiger partial charge in [-0.15, -0.1) is 0 Å². The maximum absolute atomic E-state index is 13.2. The summed E-state index contributed by atoms with van der Waals surface area (Å²) in [5, 5.41) is 7.10. The van der Waals surface area contributed by atoms with Crippen molar-refractivity contribution in [3.8, 4) is 0 Å². The van der Waals surface area contributed by atoms with Crippen molar-refractivity contribution >= 4 is 17.7 Å². The van der Waals surface area contributed by atoms with Crippen LogP contribution in [0.1, 0.15) is 142 Å². The summed E-state index contributed by atoms with van der Waals surface area (Å²) in [6.45, 7) is 29.2. The van der Waals surface area contributed by atoms with Gasteiger partial charge in [0.15, 0.2) is 11.6 Å². The van der Waals surface area contributed by atoms with Crippen LogP contribution in [-0.4, -0.2) is 64.9 Å². The highest BCUT2D eigenvalue weighted by molar-refractivity contribution is 5.93. The molecule has 0 rings (SSSR count). The van der Waals surface area contributed by atoms with Crippen molar-refractivity contribution in [2.45, 2.75) is 164 Å². The van der Waals surface area contributed by atoms with E-state index in [0.717, 1.165) is 32.1 Å². The van der Waals surface area contributed by atoms with Gasteiger partial charge in [0.2, 0.25) is 0 Å². The standard InChI is InChI=1S/C33H65N3O4/c1-28(2,3)25(37)32(13,34-30(7,8)9)21-18-16-17-19-24-40-27(39)36(15)23-20-22-33(14,35-31(10,11)12)26(38)29(4,5)6/h34-35H,16-24H2,1-15H3/t32-,33+/m0/s1. The van der Waals surface area contributed by atoms with Gasteiger partial charge >= 0.3 is 6.09 Å². The number of carbonyl (C=O) groups is 3. The third-order valence-electron chi connectivity index (χ3n) is 6.95. The van der Waals surface area contributed by atoms with Gasteiger partial charge in [0.25, 0.3) is 0 Å². The maximum atomic E-state index is 13.2. The molecule has 0 aliphatic carbocycles. The molecule has 0 spiro atoms. The molecule has 0 bridgehead atoms. The molecule has 236 valence electrons. The summed E-state index contributed by atoms with van der Waals surface area (Å²) in [5.41, 5.74) is -2.46. The van der Waals surface area contributed by atoms with E-state index in [2.05, 4.69) is 52.2 Å². The maximum Gasteiger partial charge on any atom is 0.409 e. The van der Waals surface area contributed by atoms with E-state index in [1.165, 1.54) is 0 Å². The SMILES string of the molecule is CN(CCC[C@@](C)(NC(C)(C)C)C(=O)C(C)(C)C)C(=O)OCCCCCC[C@](C)(NC(C)(C)C)C(=O)C(C)(C)C. The van der Waals surface area contributed by atoms with Crippen molar-refractivity contribution in [2.24, 2.45) is 10.8 Å². The first kappa shape index (κ1) is 38.5. The number of amides is 1. The molecule has 2 N–H and O–H groups in total. The molecular weight excluding hydrogens is 502 g/mol. The predicted molar refractivity (Wildman–Crippen MR) is 168 cm³/mol. The van der Waals surface area contributed by atoms with E-state index in [-0.39, 0.29) is 28.7 Å². The quantitative estimate of drug-likeness (QED) is 0.202. The van der Waals surface area contributed by atoms with Gasteiger partial charge < -0.3 is 20.3 Å². The number of carbonyl (C=O) groups excluding carboxylic acids is 3. The van der Waals surface area contributed by atoms with E-state index in [4.69, 9.17) is 4.74 Å². The Morgan fingerprint density at radius 1 is 0.575 bits per heavy atom. The average Bonchev–Trinajstić information content (AvgIpc) is 2.73. The number of hydrogen-bond donors (Lipinski definition) is 2. The monoisotopic (exact) mass is 567 g/mol. The van der Waals surface area contributed by atoms with E-state index in [0.29, 0.717) is 26.0 Å². The normalized spacial score (nSPS) is 16.2. The van der Waals surface area contributed by atoms with Crippen LogP contribution in [0.5, 0.6) is 0 Å². The molecule has 2 atom stereocenters. The van der Waals surface area contributed by atoms with Gasteiger partial charge in [0.05, 0.1) is 17.7 Å². The zero-order valence-corrected chi connectivity index (χ0v) is 28.9. The Morgan fingerprint density at radius 2 is 0.950 bits per heavy atom. The number of rotatable bonds is 15. The van der Waals surface area contributed by atoms with Crippen LogP contribution in [0.2, 0.25) is 0 Å². The molecule has 40 heavy (non-hydrogen) atoms. The van der Waals surface area contributed by atoms with Gasteiger partial charge in [-0.2, -0.15) is 0 Å².